The Morgan fingerprint density at radius 2 is 1.89 bits per heavy atom. The SMILES string of the molecule is CC(=O)[C@H]1CC[C@H]2[C@@H]3CC[C@H]4CC(=O)CC[C@]4(C)[C@H]3[C@@H](OC(=O)CI)C[C@]12C. The van der Waals surface area contributed by atoms with Crippen molar-refractivity contribution >= 4 is 40.1 Å². The van der Waals surface area contributed by atoms with Gasteiger partial charge in [-0.15, -0.1) is 0 Å². The van der Waals surface area contributed by atoms with Crippen molar-refractivity contribution in [1.29, 1.82) is 0 Å². The molecule has 5 heteroatoms. The molecular weight excluding hydrogens is 467 g/mol. The zero-order valence-electron chi connectivity index (χ0n) is 17.3. The highest BCUT2D eigenvalue weighted by atomic mass is 127. The summed E-state index contributed by atoms with van der Waals surface area (Å²) in [6.07, 6.45) is 7.30. The lowest BCUT2D eigenvalue weighted by Gasteiger charge is -2.62. The monoisotopic (exact) mass is 500 g/mol. The van der Waals surface area contributed by atoms with Crippen LogP contribution in [0.5, 0.6) is 0 Å². The molecule has 4 nitrogen and oxygen atoms in total. The first-order valence-corrected chi connectivity index (χ1v) is 12.5. The molecule has 0 unspecified atom stereocenters. The Balaban J connectivity index is 1.73. The minimum atomic E-state index is -0.138. The fourth-order valence-electron chi connectivity index (χ4n) is 8.11. The lowest BCUT2D eigenvalue weighted by Crippen LogP contribution is -2.60. The van der Waals surface area contributed by atoms with E-state index in [1.165, 1.54) is 0 Å². The van der Waals surface area contributed by atoms with Crippen molar-refractivity contribution in [2.24, 2.45) is 40.4 Å². The van der Waals surface area contributed by atoms with Gasteiger partial charge in [0.15, 0.2) is 0 Å². The van der Waals surface area contributed by atoms with Gasteiger partial charge in [-0.3, -0.25) is 14.4 Å². The van der Waals surface area contributed by atoms with Crippen molar-refractivity contribution in [3.63, 3.8) is 0 Å². The smallest absolute Gasteiger partial charge is 0.316 e. The van der Waals surface area contributed by atoms with Gasteiger partial charge in [0.05, 0.1) is 4.43 Å². The summed E-state index contributed by atoms with van der Waals surface area (Å²) in [5.74, 6) is 2.45. The molecule has 0 aromatic rings. The third-order valence-corrected chi connectivity index (χ3v) is 9.89. The topological polar surface area (TPSA) is 60.4 Å². The number of carbonyl (C=O) groups is 3. The predicted octanol–water partition coefficient (Wildman–Crippen LogP) is 4.76. The van der Waals surface area contributed by atoms with Gasteiger partial charge in [-0.25, -0.2) is 0 Å². The van der Waals surface area contributed by atoms with Crippen molar-refractivity contribution in [2.45, 2.75) is 78.2 Å². The van der Waals surface area contributed by atoms with E-state index in [0.717, 1.165) is 38.5 Å². The van der Waals surface area contributed by atoms with Crippen molar-refractivity contribution in [3.05, 3.63) is 0 Å². The third-order valence-electron chi connectivity index (χ3n) is 9.27. The highest BCUT2D eigenvalue weighted by Crippen LogP contribution is 2.67. The van der Waals surface area contributed by atoms with Crippen molar-refractivity contribution in [1.82, 2.24) is 0 Å². The van der Waals surface area contributed by atoms with E-state index < -0.39 is 0 Å². The first-order chi connectivity index (χ1) is 13.2. The van der Waals surface area contributed by atoms with Gasteiger partial charge in [0.1, 0.15) is 17.7 Å². The van der Waals surface area contributed by atoms with E-state index in [-0.39, 0.29) is 28.8 Å². The van der Waals surface area contributed by atoms with Gasteiger partial charge in [-0.1, -0.05) is 36.4 Å². The summed E-state index contributed by atoms with van der Waals surface area (Å²) in [5.41, 5.74) is 0.0135. The molecule has 0 aromatic heterocycles. The Labute approximate surface area is 182 Å². The van der Waals surface area contributed by atoms with E-state index in [1.807, 2.05) is 0 Å². The van der Waals surface area contributed by atoms with Gasteiger partial charge in [0.25, 0.3) is 0 Å². The summed E-state index contributed by atoms with van der Waals surface area (Å²) < 4.78 is 6.47. The number of hydrogen-bond acceptors (Lipinski definition) is 4. The Hall–Kier alpha value is -0.460. The Bertz CT molecular complexity index is 690. The van der Waals surface area contributed by atoms with Gasteiger partial charge >= 0.3 is 5.97 Å². The van der Waals surface area contributed by atoms with Gasteiger partial charge in [0, 0.05) is 24.7 Å². The lowest BCUT2D eigenvalue weighted by molar-refractivity contribution is -0.193. The van der Waals surface area contributed by atoms with Crippen LogP contribution in [0.4, 0.5) is 0 Å². The molecule has 0 aromatic carbocycles. The van der Waals surface area contributed by atoms with Crippen LogP contribution in [0.25, 0.3) is 0 Å². The van der Waals surface area contributed by atoms with Crippen LogP contribution in [-0.2, 0) is 19.1 Å². The van der Waals surface area contributed by atoms with Crippen LogP contribution >= 0.6 is 22.6 Å². The number of rotatable bonds is 3. The number of ketones is 2. The molecule has 156 valence electrons. The molecule has 4 saturated carbocycles. The number of ether oxygens (including phenoxy) is 1. The summed E-state index contributed by atoms with van der Waals surface area (Å²) in [6, 6.07) is 0. The second-order valence-electron chi connectivity index (χ2n) is 10.4. The summed E-state index contributed by atoms with van der Waals surface area (Å²) in [5, 5.41) is 0. The fourth-order valence-corrected chi connectivity index (χ4v) is 8.29. The average molecular weight is 500 g/mol. The molecule has 0 spiro atoms. The van der Waals surface area contributed by atoms with Crippen LogP contribution in [0.1, 0.15) is 72.1 Å². The van der Waals surface area contributed by atoms with Gasteiger partial charge in [0.2, 0.25) is 0 Å². The fraction of sp³-hybridized carbons (Fsp3) is 0.870. The maximum atomic E-state index is 12.4. The van der Waals surface area contributed by atoms with E-state index in [2.05, 4.69) is 36.4 Å². The molecule has 4 aliphatic carbocycles. The molecule has 4 fully saturated rings. The first-order valence-electron chi connectivity index (χ1n) is 11.0. The zero-order valence-corrected chi connectivity index (χ0v) is 19.5. The maximum Gasteiger partial charge on any atom is 0.316 e. The molecule has 0 bridgehead atoms. The molecule has 0 radical (unpaired) electrons. The number of fused-ring (bicyclic) bond motifs is 5. The van der Waals surface area contributed by atoms with Gasteiger partial charge in [-0.2, -0.15) is 0 Å². The average Bonchev–Trinajstić information content (AvgIpc) is 2.98. The normalized spacial score (nSPS) is 47.6. The van der Waals surface area contributed by atoms with Crippen LogP contribution in [-0.4, -0.2) is 28.1 Å². The highest BCUT2D eigenvalue weighted by Gasteiger charge is 2.64. The molecule has 4 aliphatic rings. The van der Waals surface area contributed by atoms with Gasteiger partial charge in [-0.05, 0) is 74.0 Å². The molecular formula is C23H33IO4. The molecule has 0 N–H and O–H groups in total. The Kier molecular flexibility index (Phi) is 5.46. The highest BCUT2D eigenvalue weighted by molar-refractivity contribution is 14.1. The van der Waals surface area contributed by atoms with Crippen LogP contribution < -0.4 is 0 Å². The predicted molar refractivity (Wildman–Crippen MR) is 115 cm³/mol. The number of carbonyl (C=O) groups excluding carboxylic acids is 3. The maximum absolute atomic E-state index is 12.4. The van der Waals surface area contributed by atoms with E-state index in [9.17, 15) is 14.4 Å². The number of halogens is 1. The number of alkyl halides is 1. The van der Waals surface area contributed by atoms with Crippen molar-refractivity contribution < 1.29 is 19.1 Å². The third kappa shape index (κ3) is 3.09. The van der Waals surface area contributed by atoms with Crippen molar-refractivity contribution in [2.75, 3.05) is 4.43 Å². The lowest BCUT2D eigenvalue weighted by atomic mass is 9.44. The molecule has 4 rings (SSSR count). The largest absolute Gasteiger partial charge is 0.461 e. The van der Waals surface area contributed by atoms with E-state index in [4.69, 9.17) is 4.74 Å². The number of esters is 1. The summed E-state index contributed by atoms with van der Waals surface area (Å²) in [4.78, 5) is 36.9. The minimum absolute atomic E-state index is 0.0586. The molecule has 28 heavy (non-hydrogen) atoms. The van der Waals surface area contributed by atoms with Crippen LogP contribution in [0.3, 0.4) is 0 Å². The van der Waals surface area contributed by atoms with E-state index in [0.29, 0.717) is 52.5 Å². The molecule has 8 atom stereocenters. The van der Waals surface area contributed by atoms with Crippen LogP contribution in [0.15, 0.2) is 0 Å². The number of hydrogen-bond donors (Lipinski definition) is 0. The summed E-state index contributed by atoms with van der Waals surface area (Å²) in [7, 11) is 0. The van der Waals surface area contributed by atoms with Crippen LogP contribution in [0.2, 0.25) is 0 Å². The van der Waals surface area contributed by atoms with Gasteiger partial charge < -0.3 is 4.74 Å². The number of Topliss-reactive ketones (excluding diaryl/α,β-unsaturated/α-hetero) is 2. The standard InChI is InChI=1S/C23H33IO4/c1-13(25)17-6-7-18-16-5-4-14-10-15(26)8-9-22(14,2)21(16)19(11-23(17,18)3)28-20(27)12-24/h14,16-19,21H,4-12H2,1-3H3/t14-,16-,17+,18-,19-,21+,22-,23+/m0/s1. The molecule has 0 aliphatic heterocycles. The Morgan fingerprint density at radius 3 is 2.57 bits per heavy atom. The zero-order chi connectivity index (χ0) is 20.3. The molecule has 0 amide bonds. The molecule has 0 heterocycles. The second-order valence-corrected chi connectivity index (χ2v) is 11.2. The summed E-state index contributed by atoms with van der Waals surface area (Å²) in [6.45, 7) is 6.39. The quantitative estimate of drug-likeness (QED) is 0.319. The van der Waals surface area contributed by atoms with E-state index >= 15 is 0 Å². The Morgan fingerprint density at radius 1 is 1.14 bits per heavy atom. The summed E-state index contributed by atoms with van der Waals surface area (Å²) >= 11 is 2.08. The van der Waals surface area contributed by atoms with Crippen LogP contribution in [0, 0.1) is 40.4 Å². The first kappa shape index (κ1) is 20.8. The van der Waals surface area contributed by atoms with E-state index in [1.54, 1.807) is 6.92 Å². The minimum Gasteiger partial charge on any atom is -0.461 e. The van der Waals surface area contributed by atoms with Crippen molar-refractivity contribution in [3.8, 4) is 0 Å². The second kappa shape index (κ2) is 7.35. The molecule has 0 saturated heterocycles.